The molecule has 0 spiro atoms. The van der Waals surface area contributed by atoms with Crippen LogP contribution in [-0.4, -0.2) is 45.9 Å². The Bertz CT molecular complexity index is 37.9. The molecule has 0 aliphatic heterocycles. The molecule has 0 bridgehead atoms. The predicted molar refractivity (Wildman–Crippen MR) is 17.5 cm³/mol. The van der Waals surface area contributed by atoms with Crippen LogP contribution in [0.2, 0.25) is 0 Å². The van der Waals surface area contributed by atoms with Gasteiger partial charge in [0.1, 0.15) is 0 Å². The topological polar surface area (TPSA) is 57.5 Å². The van der Waals surface area contributed by atoms with E-state index in [1.165, 1.54) is 0 Å². The second-order valence-electron chi connectivity index (χ2n) is 0.283. The van der Waals surface area contributed by atoms with Gasteiger partial charge in [-0.25, -0.2) is 4.79 Å². The molecule has 0 fully saturated rings. The van der Waals surface area contributed by atoms with E-state index in [0.717, 1.165) is 0 Å². The van der Waals surface area contributed by atoms with Crippen molar-refractivity contribution in [3.8, 4) is 0 Å². The molecule has 0 saturated carbocycles. The summed E-state index contributed by atoms with van der Waals surface area (Å²) >= 11 is 0. The van der Waals surface area contributed by atoms with Crippen LogP contribution in [0.5, 0.6) is 0 Å². The molecule has 2 N–H and O–H groups in total. The van der Waals surface area contributed by atoms with Crippen LogP contribution in [0, 0.1) is 0 Å². The summed E-state index contributed by atoms with van der Waals surface area (Å²) in [6.45, 7) is 0. The molecule has 0 saturated heterocycles. The van der Waals surface area contributed by atoms with Crippen LogP contribution >= 0.6 is 0 Å². The summed E-state index contributed by atoms with van der Waals surface area (Å²) in [6, 6.07) is 0. The number of rotatable bonds is 0. The van der Waals surface area contributed by atoms with Crippen molar-refractivity contribution in [2.45, 2.75) is 0 Å². The Morgan fingerprint density at radius 1 is 1.50 bits per heavy atom. The third-order valence-corrected chi connectivity index (χ3v) is 0. The van der Waals surface area contributed by atoms with Crippen molar-refractivity contribution in [1.29, 1.82) is 0 Å². The van der Waals surface area contributed by atoms with Crippen molar-refractivity contribution >= 4 is 35.7 Å². The first-order valence-electron chi connectivity index (χ1n) is 0.651. The zero-order valence-corrected chi connectivity index (χ0v) is 12.1. The van der Waals surface area contributed by atoms with E-state index in [9.17, 15) is 0 Å². The van der Waals surface area contributed by atoms with Crippen molar-refractivity contribution in [2.75, 3.05) is 0 Å². The molecule has 0 rings (SSSR count). The molecule has 0 unspecified atom stereocenters. The normalized spacial score (nSPS) is 4.00. The molecule has 5 heteroatoms. The number of carboxylic acid groups (broad SMARTS) is 2. The second-order valence-corrected chi connectivity index (χ2v) is 0.283. The summed E-state index contributed by atoms with van der Waals surface area (Å²) in [5.41, 5.74) is 0. The Morgan fingerprint density at radius 3 is 1.50 bits per heavy atom. The van der Waals surface area contributed by atoms with E-state index in [1.807, 2.05) is 0 Å². The van der Waals surface area contributed by atoms with Crippen molar-refractivity contribution in [3.63, 3.8) is 0 Å². The molecule has 27 valence electrons. The molecule has 0 aromatic heterocycles. The Morgan fingerprint density at radius 2 is 1.50 bits per heavy atom. The van der Waals surface area contributed by atoms with E-state index in [1.54, 1.807) is 0 Å². The van der Waals surface area contributed by atoms with Gasteiger partial charge in [-0.1, -0.05) is 0 Å². The van der Waals surface area contributed by atoms with Crippen LogP contribution in [-0.2, 0) is 0 Å². The SMILES string of the molecule is O=C(O)O.[Cs+].[H-].[Na]. The van der Waals surface area contributed by atoms with E-state index >= 15 is 0 Å². The molecular weight excluding hydrogens is 216 g/mol. The van der Waals surface area contributed by atoms with Crippen LogP contribution < -0.4 is 68.9 Å². The Labute approximate surface area is 118 Å². The largest absolute Gasteiger partial charge is 1.00 e. The standard InChI is InChI=1S/CH2O3.Cs.Na.H/c2-1(3)4;;;/h(H2,2,3,4);;;/q;+1;;-1. The van der Waals surface area contributed by atoms with Gasteiger partial charge in [-0.15, -0.1) is 0 Å². The zero-order valence-electron chi connectivity index (χ0n) is 4.80. The minimum absolute atomic E-state index is 0. The van der Waals surface area contributed by atoms with E-state index in [4.69, 9.17) is 15.0 Å². The summed E-state index contributed by atoms with van der Waals surface area (Å²) in [5, 5.41) is 13.9. The Kier molecular flexibility index (Phi) is 27.1. The molecule has 0 aliphatic rings. The van der Waals surface area contributed by atoms with Gasteiger partial charge < -0.3 is 11.6 Å². The number of hydrogen-bond donors (Lipinski definition) is 2. The smallest absolute Gasteiger partial charge is 1.00 e. The third-order valence-electron chi connectivity index (χ3n) is 0. The third kappa shape index (κ3) is 33.2. The molecule has 0 aromatic rings. The van der Waals surface area contributed by atoms with E-state index in [2.05, 4.69) is 0 Å². The van der Waals surface area contributed by atoms with Gasteiger partial charge in [-0.05, 0) is 0 Å². The van der Waals surface area contributed by atoms with Gasteiger partial charge in [0.15, 0.2) is 0 Å². The molecule has 3 nitrogen and oxygen atoms in total. The van der Waals surface area contributed by atoms with Gasteiger partial charge in [-0.3, -0.25) is 0 Å². The Balaban J connectivity index is -0.0000000150. The first kappa shape index (κ1) is 15.8. The van der Waals surface area contributed by atoms with Gasteiger partial charge in [0.25, 0.3) is 0 Å². The molecular formula is CH3CsNaO3. The van der Waals surface area contributed by atoms with E-state index in [0.29, 0.717) is 0 Å². The van der Waals surface area contributed by atoms with Gasteiger partial charge in [0.2, 0.25) is 0 Å². The van der Waals surface area contributed by atoms with Gasteiger partial charge >= 0.3 is 75.0 Å². The fourth-order valence-electron chi connectivity index (χ4n) is 0. The summed E-state index contributed by atoms with van der Waals surface area (Å²) in [7, 11) is 0. The van der Waals surface area contributed by atoms with Crippen molar-refractivity contribution in [2.24, 2.45) is 0 Å². The average Bonchev–Trinajstić information content (AvgIpc) is 0.811. The van der Waals surface area contributed by atoms with Crippen molar-refractivity contribution in [3.05, 3.63) is 0 Å². The molecule has 0 amide bonds. The molecule has 6 heavy (non-hydrogen) atoms. The maximum atomic E-state index is 8.56. The van der Waals surface area contributed by atoms with Crippen LogP contribution in [0.3, 0.4) is 0 Å². The maximum absolute atomic E-state index is 8.56. The summed E-state index contributed by atoms with van der Waals surface area (Å²) in [4.78, 5) is 8.56. The first-order chi connectivity index (χ1) is 1.73. The maximum Gasteiger partial charge on any atom is 1.00 e. The predicted octanol–water partition coefficient (Wildman–Crippen LogP) is -3.04. The molecule has 1 radical (unpaired) electrons. The minimum atomic E-state index is -1.83. The summed E-state index contributed by atoms with van der Waals surface area (Å²) < 4.78 is 0. The minimum Gasteiger partial charge on any atom is -1.00 e. The van der Waals surface area contributed by atoms with Gasteiger partial charge in [0.05, 0.1) is 0 Å². The number of carbonyl (C=O) groups is 1. The van der Waals surface area contributed by atoms with Crippen LogP contribution in [0.1, 0.15) is 1.43 Å². The molecule has 0 atom stereocenters. The first-order valence-corrected chi connectivity index (χ1v) is 0.651. The van der Waals surface area contributed by atoms with Gasteiger partial charge in [0, 0.05) is 29.6 Å². The zero-order chi connectivity index (χ0) is 3.58. The quantitative estimate of drug-likeness (QED) is 0.426. The average molecular weight is 219 g/mol. The molecule has 0 heterocycles. The molecule has 0 aliphatic carbocycles. The summed E-state index contributed by atoms with van der Waals surface area (Å²) in [5.74, 6) is 0. The van der Waals surface area contributed by atoms with Crippen LogP contribution in [0.25, 0.3) is 0 Å². The fourth-order valence-corrected chi connectivity index (χ4v) is 0. The second kappa shape index (κ2) is 10.3. The van der Waals surface area contributed by atoms with Crippen LogP contribution in [0.15, 0.2) is 0 Å². The van der Waals surface area contributed by atoms with Crippen LogP contribution in [0.4, 0.5) is 4.79 Å². The van der Waals surface area contributed by atoms with Gasteiger partial charge in [-0.2, -0.15) is 0 Å². The van der Waals surface area contributed by atoms with E-state index < -0.39 is 6.16 Å². The van der Waals surface area contributed by atoms with Crippen molar-refractivity contribution < 1.29 is 85.3 Å². The van der Waals surface area contributed by atoms with Crippen molar-refractivity contribution in [1.82, 2.24) is 0 Å². The number of hydrogen-bond acceptors (Lipinski definition) is 1. The molecule has 0 aromatic carbocycles. The fraction of sp³-hybridized carbons (Fsp3) is 0. The Hall–Kier alpha value is 2.32. The van der Waals surface area contributed by atoms with E-state index in [-0.39, 0.29) is 99.9 Å². The summed E-state index contributed by atoms with van der Waals surface area (Å²) in [6.07, 6.45) is -1.83. The monoisotopic (exact) mass is 219 g/mol.